The number of fused-ring (bicyclic) bond motifs is 1. The summed E-state index contributed by atoms with van der Waals surface area (Å²) in [6.45, 7) is 1.74. The van der Waals surface area contributed by atoms with Crippen molar-refractivity contribution in [3.63, 3.8) is 0 Å². The van der Waals surface area contributed by atoms with E-state index in [9.17, 15) is 14.7 Å². The summed E-state index contributed by atoms with van der Waals surface area (Å²) in [5.74, 6) is -0.832. The van der Waals surface area contributed by atoms with Crippen LogP contribution >= 0.6 is 23.2 Å². The molecule has 1 fully saturated rings. The summed E-state index contributed by atoms with van der Waals surface area (Å²) in [4.78, 5) is 24.0. The second-order valence-corrected chi connectivity index (χ2v) is 7.25. The summed E-state index contributed by atoms with van der Waals surface area (Å²) in [7, 11) is 0. The van der Waals surface area contributed by atoms with E-state index in [1.807, 2.05) is 0 Å². The molecule has 0 radical (unpaired) electrons. The van der Waals surface area contributed by atoms with Crippen LogP contribution in [-0.2, 0) is 16.6 Å². The Morgan fingerprint density at radius 1 is 1.23 bits per heavy atom. The van der Waals surface area contributed by atoms with Gasteiger partial charge in [-0.1, -0.05) is 42.1 Å². The molecule has 118 valence electrons. The van der Waals surface area contributed by atoms with Gasteiger partial charge in [0.1, 0.15) is 0 Å². The molecular weight excluding hydrogens is 323 g/mol. The average Bonchev–Trinajstić information content (AvgIpc) is 3.12. The quantitative estimate of drug-likeness (QED) is 0.870. The largest absolute Gasteiger partial charge is 0.481 e. The van der Waals surface area contributed by atoms with Crippen molar-refractivity contribution in [3.8, 4) is 0 Å². The topological polar surface area (TPSA) is 54.4 Å². The fraction of sp³-hybridized carbons (Fsp3) is 0.529. The highest BCUT2D eigenvalue weighted by molar-refractivity contribution is 6.45. The molecular formula is C17H18Cl2O3. The van der Waals surface area contributed by atoms with Crippen molar-refractivity contribution in [3.05, 3.63) is 32.8 Å². The molecule has 0 saturated heterocycles. The van der Waals surface area contributed by atoms with Gasteiger partial charge < -0.3 is 5.11 Å². The third-order valence-corrected chi connectivity index (χ3v) is 6.23. The summed E-state index contributed by atoms with van der Waals surface area (Å²) in [6, 6.07) is 1.81. The Bertz CT molecular complexity index is 662. The van der Waals surface area contributed by atoms with E-state index in [-0.39, 0.29) is 21.7 Å². The van der Waals surface area contributed by atoms with Gasteiger partial charge in [0.25, 0.3) is 0 Å². The fourth-order valence-corrected chi connectivity index (χ4v) is 4.62. The second kappa shape index (κ2) is 5.54. The van der Waals surface area contributed by atoms with Crippen LogP contribution < -0.4 is 0 Å². The zero-order valence-electron chi connectivity index (χ0n) is 12.4. The number of rotatable bonds is 3. The van der Waals surface area contributed by atoms with E-state index >= 15 is 0 Å². The van der Waals surface area contributed by atoms with E-state index in [0.29, 0.717) is 24.0 Å². The van der Waals surface area contributed by atoms with Crippen LogP contribution in [0.5, 0.6) is 0 Å². The van der Waals surface area contributed by atoms with Crippen molar-refractivity contribution in [1.29, 1.82) is 0 Å². The Morgan fingerprint density at radius 2 is 1.86 bits per heavy atom. The van der Waals surface area contributed by atoms with Gasteiger partial charge in [-0.3, -0.25) is 9.59 Å². The SMILES string of the molecule is CC(C(=O)O)(c1cc2c(c(Cl)c1Cl)C(=O)CC2)C1CCCC1. The van der Waals surface area contributed by atoms with Gasteiger partial charge in [0.15, 0.2) is 5.78 Å². The lowest BCUT2D eigenvalue weighted by molar-refractivity contribution is -0.145. The molecule has 1 aromatic carbocycles. The van der Waals surface area contributed by atoms with Gasteiger partial charge in [0, 0.05) is 12.0 Å². The Balaban J connectivity index is 2.19. The Hall–Kier alpha value is -1.06. The number of benzene rings is 1. The number of carboxylic acids is 1. The van der Waals surface area contributed by atoms with E-state index in [1.165, 1.54) is 0 Å². The lowest BCUT2D eigenvalue weighted by Gasteiger charge is -2.33. The van der Waals surface area contributed by atoms with Gasteiger partial charge in [-0.05, 0) is 43.2 Å². The molecule has 1 atom stereocenters. The molecule has 0 spiro atoms. The van der Waals surface area contributed by atoms with Crippen molar-refractivity contribution in [2.24, 2.45) is 5.92 Å². The number of carbonyl (C=O) groups is 2. The van der Waals surface area contributed by atoms with E-state index in [0.717, 1.165) is 31.2 Å². The summed E-state index contributed by atoms with van der Waals surface area (Å²) in [6.07, 6.45) is 4.88. The number of aryl methyl sites for hydroxylation is 1. The van der Waals surface area contributed by atoms with Gasteiger partial charge in [-0.15, -0.1) is 0 Å². The molecule has 2 aliphatic rings. The first-order chi connectivity index (χ1) is 10.4. The molecule has 1 saturated carbocycles. The highest BCUT2D eigenvalue weighted by atomic mass is 35.5. The molecule has 2 aliphatic carbocycles. The van der Waals surface area contributed by atoms with Crippen LogP contribution in [0.4, 0.5) is 0 Å². The van der Waals surface area contributed by atoms with Gasteiger partial charge >= 0.3 is 5.97 Å². The number of halogens is 2. The number of ketones is 1. The first-order valence-electron chi connectivity index (χ1n) is 7.65. The first-order valence-corrected chi connectivity index (χ1v) is 8.41. The maximum absolute atomic E-state index is 12.1. The number of carboxylic acid groups (broad SMARTS) is 1. The zero-order chi connectivity index (χ0) is 16.1. The number of Topliss-reactive ketones (excluding diaryl/α,β-unsaturated/α-hetero) is 1. The van der Waals surface area contributed by atoms with Crippen molar-refractivity contribution in [2.45, 2.75) is 50.9 Å². The summed E-state index contributed by atoms with van der Waals surface area (Å²) in [5, 5.41) is 10.3. The van der Waals surface area contributed by atoms with Crippen molar-refractivity contribution < 1.29 is 14.7 Å². The normalized spacial score (nSPS) is 21.0. The van der Waals surface area contributed by atoms with E-state index in [1.54, 1.807) is 13.0 Å². The standard InChI is InChI=1S/C17H18Cl2O3/c1-17(16(21)22,10-4-2-3-5-10)11-8-9-6-7-12(20)13(9)15(19)14(11)18/h8,10H,2-7H2,1H3,(H,21,22). The summed E-state index contributed by atoms with van der Waals surface area (Å²) >= 11 is 12.7. The highest BCUT2D eigenvalue weighted by Gasteiger charge is 2.46. The summed E-state index contributed by atoms with van der Waals surface area (Å²) < 4.78 is 0. The van der Waals surface area contributed by atoms with Crippen LogP contribution in [0.3, 0.4) is 0 Å². The van der Waals surface area contributed by atoms with E-state index in [4.69, 9.17) is 23.2 Å². The van der Waals surface area contributed by atoms with Crippen LogP contribution in [0, 0.1) is 5.92 Å². The molecule has 0 aromatic heterocycles. The van der Waals surface area contributed by atoms with Crippen molar-refractivity contribution in [2.75, 3.05) is 0 Å². The molecule has 1 unspecified atom stereocenters. The minimum absolute atomic E-state index is 0.00801. The monoisotopic (exact) mass is 340 g/mol. The minimum Gasteiger partial charge on any atom is -0.481 e. The molecule has 0 heterocycles. The highest BCUT2D eigenvalue weighted by Crippen LogP contribution is 2.48. The Morgan fingerprint density at radius 3 is 2.45 bits per heavy atom. The fourth-order valence-electron chi connectivity index (χ4n) is 3.94. The molecule has 5 heteroatoms. The maximum atomic E-state index is 12.1. The molecule has 3 nitrogen and oxygen atoms in total. The average molecular weight is 341 g/mol. The molecule has 1 N–H and O–H groups in total. The van der Waals surface area contributed by atoms with Gasteiger partial charge in [0.2, 0.25) is 0 Å². The molecule has 22 heavy (non-hydrogen) atoms. The molecule has 0 bridgehead atoms. The van der Waals surface area contributed by atoms with E-state index in [2.05, 4.69) is 0 Å². The lowest BCUT2D eigenvalue weighted by Crippen LogP contribution is -2.39. The van der Waals surface area contributed by atoms with Crippen molar-refractivity contribution in [1.82, 2.24) is 0 Å². The number of aliphatic carboxylic acids is 1. The zero-order valence-corrected chi connectivity index (χ0v) is 13.9. The Kier molecular flexibility index (Phi) is 3.98. The first kappa shape index (κ1) is 15.8. The van der Waals surface area contributed by atoms with Crippen LogP contribution in [0.2, 0.25) is 10.0 Å². The predicted octanol–water partition coefficient (Wildman–Crippen LogP) is 4.65. The smallest absolute Gasteiger partial charge is 0.314 e. The second-order valence-electron chi connectivity index (χ2n) is 6.50. The third kappa shape index (κ3) is 2.17. The minimum atomic E-state index is -1.06. The Labute approximate surface area is 139 Å². The van der Waals surface area contributed by atoms with Gasteiger partial charge in [-0.2, -0.15) is 0 Å². The third-order valence-electron chi connectivity index (χ3n) is 5.36. The maximum Gasteiger partial charge on any atom is 0.314 e. The number of hydrogen-bond donors (Lipinski definition) is 1. The van der Waals surface area contributed by atoms with Crippen LogP contribution in [0.15, 0.2) is 6.07 Å². The predicted molar refractivity (Wildman–Crippen MR) is 86.1 cm³/mol. The van der Waals surface area contributed by atoms with Crippen LogP contribution in [0.25, 0.3) is 0 Å². The van der Waals surface area contributed by atoms with Crippen LogP contribution in [0.1, 0.15) is 60.5 Å². The lowest BCUT2D eigenvalue weighted by atomic mass is 9.70. The van der Waals surface area contributed by atoms with Gasteiger partial charge in [-0.25, -0.2) is 0 Å². The molecule has 1 aromatic rings. The van der Waals surface area contributed by atoms with E-state index < -0.39 is 11.4 Å². The van der Waals surface area contributed by atoms with Crippen molar-refractivity contribution >= 4 is 35.0 Å². The van der Waals surface area contributed by atoms with Crippen LogP contribution in [-0.4, -0.2) is 16.9 Å². The number of hydrogen-bond acceptors (Lipinski definition) is 2. The molecule has 3 rings (SSSR count). The number of carbonyl (C=O) groups excluding carboxylic acids is 1. The molecule has 0 amide bonds. The molecule has 0 aliphatic heterocycles. The van der Waals surface area contributed by atoms with Gasteiger partial charge in [0.05, 0.1) is 15.5 Å². The summed E-state index contributed by atoms with van der Waals surface area (Å²) in [5.41, 5.74) is 0.819.